The van der Waals surface area contributed by atoms with Gasteiger partial charge in [0.1, 0.15) is 0 Å². The molecule has 0 aromatic heterocycles. The molecular formula is C10H20N2O. The normalized spacial score (nSPS) is 14.8. The Morgan fingerprint density at radius 2 is 2.23 bits per heavy atom. The Balaban J connectivity index is 4.15. The Bertz CT molecular complexity index is 180. The van der Waals surface area contributed by atoms with Gasteiger partial charge in [0.15, 0.2) is 0 Å². The molecule has 76 valence electrons. The standard InChI is InChI=1S/C10H20N2O/c1-5-7-9(11)10(13)12(4)8(3)6-2/h5,8-9H,1,6-7,11H2,2-4H3. The summed E-state index contributed by atoms with van der Waals surface area (Å²) in [5.41, 5.74) is 5.66. The van der Waals surface area contributed by atoms with Gasteiger partial charge in [-0.3, -0.25) is 4.79 Å². The van der Waals surface area contributed by atoms with Crippen LogP contribution in [0.1, 0.15) is 26.7 Å². The van der Waals surface area contributed by atoms with E-state index in [1.165, 1.54) is 0 Å². The zero-order valence-electron chi connectivity index (χ0n) is 8.79. The predicted molar refractivity (Wildman–Crippen MR) is 55.3 cm³/mol. The maximum Gasteiger partial charge on any atom is 0.239 e. The monoisotopic (exact) mass is 184 g/mol. The maximum absolute atomic E-state index is 11.6. The molecule has 13 heavy (non-hydrogen) atoms. The van der Waals surface area contributed by atoms with Crippen molar-refractivity contribution in [3.63, 3.8) is 0 Å². The van der Waals surface area contributed by atoms with E-state index in [1.807, 2.05) is 13.8 Å². The largest absolute Gasteiger partial charge is 0.342 e. The molecule has 0 aromatic carbocycles. The number of hydrogen-bond donors (Lipinski definition) is 1. The summed E-state index contributed by atoms with van der Waals surface area (Å²) in [6, 6.07) is -0.181. The van der Waals surface area contributed by atoms with E-state index >= 15 is 0 Å². The van der Waals surface area contributed by atoms with Crippen molar-refractivity contribution in [3.8, 4) is 0 Å². The van der Waals surface area contributed by atoms with E-state index in [2.05, 4.69) is 6.58 Å². The molecule has 0 aliphatic heterocycles. The van der Waals surface area contributed by atoms with Crippen LogP contribution in [0.15, 0.2) is 12.7 Å². The van der Waals surface area contributed by atoms with Crippen molar-refractivity contribution in [1.29, 1.82) is 0 Å². The van der Waals surface area contributed by atoms with Gasteiger partial charge >= 0.3 is 0 Å². The highest BCUT2D eigenvalue weighted by Crippen LogP contribution is 2.03. The van der Waals surface area contributed by atoms with Crippen LogP contribution in [0.4, 0.5) is 0 Å². The number of hydrogen-bond acceptors (Lipinski definition) is 2. The van der Waals surface area contributed by atoms with Gasteiger partial charge in [0.25, 0.3) is 0 Å². The Morgan fingerprint density at radius 3 is 2.62 bits per heavy atom. The first-order valence-electron chi connectivity index (χ1n) is 4.67. The molecule has 2 unspecified atom stereocenters. The Morgan fingerprint density at radius 1 is 1.69 bits per heavy atom. The summed E-state index contributed by atoms with van der Waals surface area (Å²) in [4.78, 5) is 13.3. The van der Waals surface area contributed by atoms with E-state index in [0.29, 0.717) is 6.42 Å². The fourth-order valence-corrected chi connectivity index (χ4v) is 1.03. The number of likely N-dealkylation sites (N-methyl/N-ethyl adjacent to an activating group) is 1. The molecule has 0 saturated carbocycles. The molecule has 2 atom stereocenters. The molecule has 1 amide bonds. The van der Waals surface area contributed by atoms with Gasteiger partial charge in [0.2, 0.25) is 5.91 Å². The molecule has 0 radical (unpaired) electrons. The van der Waals surface area contributed by atoms with Crippen LogP contribution in [0.2, 0.25) is 0 Å². The van der Waals surface area contributed by atoms with Gasteiger partial charge in [0.05, 0.1) is 6.04 Å². The number of amides is 1. The lowest BCUT2D eigenvalue weighted by atomic mass is 10.1. The Kier molecular flexibility index (Phi) is 5.39. The molecule has 0 spiro atoms. The number of nitrogens with two attached hydrogens (primary N) is 1. The van der Waals surface area contributed by atoms with E-state index in [9.17, 15) is 4.79 Å². The van der Waals surface area contributed by atoms with Crippen molar-refractivity contribution in [3.05, 3.63) is 12.7 Å². The molecule has 2 N–H and O–H groups in total. The lowest BCUT2D eigenvalue weighted by Gasteiger charge is -2.26. The van der Waals surface area contributed by atoms with Crippen LogP contribution in [0.25, 0.3) is 0 Å². The minimum Gasteiger partial charge on any atom is -0.342 e. The molecular weight excluding hydrogens is 164 g/mol. The number of carbonyl (C=O) groups excluding carboxylic acids is 1. The van der Waals surface area contributed by atoms with E-state index < -0.39 is 6.04 Å². The second-order valence-electron chi connectivity index (χ2n) is 3.34. The molecule has 0 fully saturated rings. The van der Waals surface area contributed by atoms with Crippen LogP contribution in [-0.4, -0.2) is 29.9 Å². The van der Waals surface area contributed by atoms with Crippen molar-refractivity contribution in [2.75, 3.05) is 7.05 Å². The van der Waals surface area contributed by atoms with Gasteiger partial charge in [-0.15, -0.1) is 6.58 Å². The Hall–Kier alpha value is -0.830. The van der Waals surface area contributed by atoms with Crippen LogP contribution in [0.5, 0.6) is 0 Å². The van der Waals surface area contributed by atoms with Gasteiger partial charge < -0.3 is 10.6 Å². The fraction of sp³-hybridized carbons (Fsp3) is 0.700. The van der Waals surface area contributed by atoms with Crippen LogP contribution >= 0.6 is 0 Å². The zero-order valence-corrected chi connectivity index (χ0v) is 8.79. The third kappa shape index (κ3) is 3.59. The third-order valence-electron chi connectivity index (χ3n) is 2.34. The van der Waals surface area contributed by atoms with Crippen LogP contribution in [0.3, 0.4) is 0 Å². The molecule has 3 heteroatoms. The number of rotatable bonds is 5. The lowest BCUT2D eigenvalue weighted by Crippen LogP contribution is -2.45. The van der Waals surface area contributed by atoms with E-state index in [4.69, 9.17) is 5.73 Å². The minimum absolute atomic E-state index is 0.00532. The second-order valence-corrected chi connectivity index (χ2v) is 3.34. The smallest absolute Gasteiger partial charge is 0.239 e. The summed E-state index contributed by atoms with van der Waals surface area (Å²) < 4.78 is 0. The quantitative estimate of drug-likeness (QED) is 0.651. The zero-order chi connectivity index (χ0) is 10.4. The summed E-state index contributed by atoms with van der Waals surface area (Å²) in [7, 11) is 1.79. The molecule has 0 heterocycles. The van der Waals surface area contributed by atoms with Gasteiger partial charge in [0, 0.05) is 13.1 Å². The summed E-state index contributed by atoms with van der Waals surface area (Å²) in [6.07, 6.45) is 3.16. The first kappa shape index (κ1) is 12.2. The van der Waals surface area contributed by atoms with E-state index in [0.717, 1.165) is 6.42 Å². The van der Waals surface area contributed by atoms with Gasteiger partial charge in [-0.2, -0.15) is 0 Å². The van der Waals surface area contributed by atoms with Gasteiger partial charge in [-0.25, -0.2) is 0 Å². The maximum atomic E-state index is 11.6. The first-order chi connectivity index (χ1) is 6.04. The number of nitrogens with zero attached hydrogens (tertiary/aromatic N) is 1. The highest BCUT2D eigenvalue weighted by molar-refractivity contribution is 5.81. The molecule has 0 saturated heterocycles. The van der Waals surface area contributed by atoms with Crippen molar-refractivity contribution in [1.82, 2.24) is 4.90 Å². The van der Waals surface area contributed by atoms with Crippen LogP contribution in [-0.2, 0) is 4.79 Å². The summed E-state index contributed by atoms with van der Waals surface area (Å²) in [5.74, 6) is -0.00532. The second kappa shape index (κ2) is 5.75. The van der Waals surface area contributed by atoms with Crippen molar-refractivity contribution >= 4 is 5.91 Å². The molecule has 0 aliphatic rings. The van der Waals surface area contributed by atoms with Gasteiger partial charge in [-0.1, -0.05) is 13.0 Å². The van der Waals surface area contributed by atoms with Gasteiger partial charge in [-0.05, 0) is 19.8 Å². The topological polar surface area (TPSA) is 46.3 Å². The molecule has 0 aromatic rings. The highest BCUT2D eigenvalue weighted by atomic mass is 16.2. The van der Waals surface area contributed by atoms with Crippen molar-refractivity contribution in [2.45, 2.75) is 38.8 Å². The molecule has 0 rings (SSSR count). The highest BCUT2D eigenvalue weighted by Gasteiger charge is 2.19. The van der Waals surface area contributed by atoms with Crippen molar-refractivity contribution in [2.24, 2.45) is 5.73 Å². The van der Waals surface area contributed by atoms with E-state index in [-0.39, 0.29) is 11.9 Å². The average molecular weight is 184 g/mol. The first-order valence-corrected chi connectivity index (χ1v) is 4.67. The van der Waals surface area contributed by atoms with Crippen LogP contribution in [0, 0.1) is 0 Å². The third-order valence-corrected chi connectivity index (χ3v) is 2.34. The average Bonchev–Trinajstić information content (AvgIpc) is 2.14. The lowest BCUT2D eigenvalue weighted by molar-refractivity contribution is -0.133. The molecule has 3 nitrogen and oxygen atoms in total. The molecule has 0 bridgehead atoms. The predicted octanol–water partition coefficient (Wildman–Crippen LogP) is 1.15. The minimum atomic E-state index is -0.434. The summed E-state index contributed by atoms with van der Waals surface area (Å²) in [5, 5.41) is 0. The van der Waals surface area contributed by atoms with Crippen LogP contribution < -0.4 is 5.73 Å². The SMILES string of the molecule is C=CCC(N)C(=O)N(C)C(C)CC. The fourth-order valence-electron chi connectivity index (χ4n) is 1.03. The van der Waals surface area contributed by atoms with E-state index in [1.54, 1.807) is 18.0 Å². The summed E-state index contributed by atoms with van der Waals surface area (Å²) >= 11 is 0. The summed E-state index contributed by atoms with van der Waals surface area (Å²) in [6.45, 7) is 7.62. The van der Waals surface area contributed by atoms with Crippen molar-refractivity contribution < 1.29 is 4.79 Å². The Labute approximate surface area is 80.6 Å². The molecule has 0 aliphatic carbocycles. The number of carbonyl (C=O) groups is 1.